The van der Waals surface area contributed by atoms with Gasteiger partial charge in [0.1, 0.15) is 0 Å². The summed E-state index contributed by atoms with van der Waals surface area (Å²) in [5.74, 6) is -2.06. The highest BCUT2D eigenvalue weighted by molar-refractivity contribution is 6.22. The van der Waals surface area contributed by atoms with E-state index < -0.39 is 29.8 Å². The van der Waals surface area contributed by atoms with Gasteiger partial charge in [-0.05, 0) is 39.0 Å². The summed E-state index contributed by atoms with van der Waals surface area (Å²) in [6, 6.07) is 4.05. The summed E-state index contributed by atoms with van der Waals surface area (Å²) in [7, 11) is 0. The molecule has 7 nitrogen and oxygen atoms in total. The van der Waals surface area contributed by atoms with Crippen molar-refractivity contribution in [1.29, 1.82) is 0 Å². The first-order valence-electron chi connectivity index (χ1n) is 7.88. The third-order valence-electron chi connectivity index (χ3n) is 3.60. The highest BCUT2D eigenvalue weighted by Crippen LogP contribution is 2.24. The van der Waals surface area contributed by atoms with E-state index in [2.05, 4.69) is 11.9 Å². The van der Waals surface area contributed by atoms with E-state index in [1.807, 2.05) is 0 Å². The number of nitrogens with one attached hydrogen (secondary N) is 1. The van der Waals surface area contributed by atoms with Gasteiger partial charge in [0.25, 0.3) is 17.7 Å². The molecule has 1 aliphatic rings. The van der Waals surface area contributed by atoms with Gasteiger partial charge in [0, 0.05) is 12.6 Å². The van der Waals surface area contributed by atoms with Gasteiger partial charge < -0.3 is 10.1 Å². The molecule has 1 heterocycles. The minimum Gasteiger partial charge on any atom is -0.449 e. The van der Waals surface area contributed by atoms with Crippen molar-refractivity contribution in [3.05, 3.63) is 47.5 Å². The molecule has 3 amide bonds. The van der Waals surface area contributed by atoms with Gasteiger partial charge in [-0.2, -0.15) is 0 Å². The molecule has 1 N–H and O–H groups in total. The first-order valence-corrected chi connectivity index (χ1v) is 7.88. The normalized spacial score (nSPS) is 14.3. The zero-order valence-corrected chi connectivity index (χ0v) is 14.4. The second kappa shape index (κ2) is 7.29. The Morgan fingerprint density at radius 3 is 2.44 bits per heavy atom. The molecule has 0 saturated carbocycles. The maximum absolute atomic E-state index is 12.3. The fraction of sp³-hybridized carbons (Fsp3) is 0.333. The van der Waals surface area contributed by atoms with Crippen molar-refractivity contribution in [3.63, 3.8) is 0 Å². The highest BCUT2D eigenvalue weighted by atomic mass is 16.5. The molecule has 132 valence electrons. The van der Waals surface area contributed by atoms with Crippen LogP contribution in [0, 0.1) is 0 Å². The Morgan fingerprint density at radius 1 is 1.20 bits per heavy atom. The van der Waals surface area contributed by atoms with Gasteiger partial charge in [-0.3, -0.25) is 19.3 Å². The number of imide groups is 1. The summed E-state index contributed by atoms with van der Waals surface area (Å²) in [5, 5.41) is 2.64. The van der Waals surface area contributed by atoms with Crippen molar-refractivity contribution >= 4 is 23.7 Å². The van der Waals surface area contributed by atoms with Crippen molar-refractivity contribution in [3.8, 4) is 0 Å². The van der Waals surface area contributed by atoms with Crippen molar-refractivity contribution in [2.24, 2.45) is 0 Å². The number of carbonyl (C=O) groups excluding carboxylic acids is 4. The van der Waals surface area contributed by atoms with Gasteiger partial charge in [-0.15, -0.1) is 6.58 Å². The largest absolute Gasteiger partial charge is 0.449 e. The van der Waals surface area contributed by atoms with E-state index in [4.69, 9.17) is 4.74 Å². The number of nitrogens with zero attached hydrogens (tertiary/aromatic N) is 1. The third-order valence-corrected chi connectivity index (χ3v) is 3.60. The van der Waals surface area contributed by atoms with Crippen LogP contribution in [0.3, 0.4) is 0 Å². The second-order valence-electron chi connectivity index (χ2n) is 5.98. The Kier molecular flexibility index (Phi) is 5.36. The minimum atomic E-state index is -0.974. The van der Waals surface area contributed by atoms with Gasteiger partial charge in [0.2, 0.25) is 0 Å². The number of hydrogen-bond acceptors (Lipinski definition) is 5. The zero-order chi connectivity index (χ0) is 18.7. The van der Waals surface area contributed by atoms with Crippen LogP contribution in [0.15, 0.2) is 30.9 Å². The predicted octanol–water partition coefficient (Wildman–Crippen LogP) is 1.54. The van der Waals surface area contributed by atoms with Crippen LogP contribution in [-0.4, -0.2) is 47.3 Å². The monoisotopic (exact) mass is 344 g/mol. The molecule has 0 bridgehead atoms. The maximum Gasteiger partial charge on any atom is 0.338 e. The molecule has 0 aliphatic carbocycles. The molecule has 1 aromatic rings. The minimum absolute atomic E-state index is 0.0758. The lowest BCUT2D eigenvalue weighted by atomic mass is 10.1. The molecule has 0 aromatic heterocycles. The number of carbonyl (C=O) groups is 4. The lowest BCUT2D eigenvalue weighted by molar-refractivity contribution is -0.129. The molecule has 2 rings (SSSR count). The Morgan fingerprint density at radius 2 is 1.84 bits per heavy atom. The van der Waals surface area contributed by atoms with Crippen LogP contribution in [0.5, 0.6) is 0 Å². The van der Waals surface area contributed by atoms with E-state index in [0.717, 1.165) is 4.90 Å². The Balaban J connectivity index is 2.17. The molecule has 25 heavy (non-hydrogen) atoms. The molecule has 1 atom stereocenters. The van der Waals surface area contributed by atoms with Crippen LogP contribution in [0.2, 0.25) is 0 Å². The van der Waals surface area contributed by atoms with Crippen LogP contribution in [0.4, 0.5) is 0 Å². The van der Waals surface area contributed by atoms with Crippen molar-refractivity contribution in [2.75, 3.05) is 6.54 Å². The highest BCUT2D eigenvalue weighted by Gasteiger charge is 2.35. The number of ether oxygens (including phenoxy) is 1. The average molecular weight is 344 g/mol. The topological polar surface area (TPSA) is 92.8 Å². The van der Waals surface area contributed by atoms with Crippen LogP contribution in [0.1, 0.15) is 51.8 Å². The van der Waals surface area contributed by atoms with E-state index in [9.17, 15) is 19.2 Å². The SMILES string of the molecule is C=CCN1C(=O)c2ccc(C(=O)O[C@H](C)C(=O)NC(C)C)cc2C1=O. The summed E-state index contributed by atoms with van der Waals surface area (Å²) in [4.78, 5) is 49.5. The van der Waals surface area contributed by atoms with Crippen LogP contribution in [-0.2, 0) is 9.53 Å². The van der Waals surface area contributed by atoms with E-state index >= 15 is 0 Å². The fourth-order valence-corrected chi connectivity index (χ4v) is 2.40. The van der Waals surface area contributed by atoms with Crippen molar-refractivity contribution in [1.82, 2.24) is 10.2 Å². The Labute approximate surface area is 145 Å². The standard InChI is InChI=1S/C18H20N2O5/c1-5-8-20-16(22)13-7-6-12(9-14(13)17(20)23)18(24)25-11(4)15(21)19-10(2)3/h5-7,9-11H,1,8H2,2-4H3,(H,19,21)/t11-/m1/s1. The first kappa shape index (κ1) is 18.4. The van der Waals surface area contributed by atoms with Crippen molar-refractivity contribution in [2.45, 2.75) is 32.9 Å². The van der Waals surface area contributed by atoms with E-state index in [1.54, 1.807) is 13.8 Å². The second-order valence-corrected chi connectivity index (χ2v) is 5.98. The molecule has 0 spiro atoms. The molecular formula is C18H20N2O5. The summed E-state index contributed by atoms with van der Waals surface area (Å²) in [5.41, 5.74) is 0.471. The molecule has 7 heteroatoms. The molecule has 1 aliphatic heterocycles. The lowest BCUT2D eigenvalue weighted by Gasteiger charge is -2.15. The summed E-state index contributed by atoms with van der Waals surface area (Å²) in [6.45, 7) is 8.66. The molecule has 0 unspecified atom stereocenters. The number of hydrogen-bond donors (Lipinski definition) is 1. The van der Waals surface area contributed by atoms with E-state index in [-0.39, 0.29) is 29.3 Å². The van der Waals surface area contributed by atoms with E-state index in [1.165, 1.54) is 31.2 Å². The smallest absolute Gasteiger partial charge is 0.338 e. The van der Waals surface area contributed by atoms with Gasteiger partial charge >= 0.3 is 5.97 Å². The van der Waals surface area contributed by atoms with Gasteiger partial charge in [-0.1, -0.05) is 6.08 Å². The van der Waals surface area contributed by atoms with Crippen molar-refractivity contribution < 1.29 is 23.9 Å². The third kappa shape index (κ3) is 3.76. The van der Waals surface area contributed by atoms with Crippen LogP contribution in [0.25, 0.3) is 0 Å². The fourth-order valence-electron chi connectivity index (χ4n) is 2.40. The van der Waals surface area contributed by atoms with Gasteiger partial charge in [0.05, 0.1) is 16.7 Å². The Hall–Kier alpha value is -2.96. The number of rotatable bonds is 6. The number of benzene rings is 1. The number of amides is 3. The number of esters is 1. The quantitative estimate of drug-likeness (QED) is 0.480. The summed E-state index contributed by atoms with van der Waals surface area (Å²) < 4.78 is 5.12. The summed E-state index contributed by atoms with van der Waals surface area (Å²) >= 11 is 0. The van der Waals surface area contributed by atoms with E-state index in [0.29, 0.717) is 0 Å². The molecule has 1 aromatic carbocycles. The summed E-state index contributed by atoms with van der Waals surface area (Å²) in [6.07, 6.45) is 0.476. The predicted molar refractivity (Wildman–Crippen MR) is 90.2 cm³/mol. The van der Waals surface area contributed by atoms with Gasteiger partial charge in [-0.25, -0.2) is 4.79 Å². The molecule has 0 fully saturated rings. The molecule has 0 saturated heterocycles. The average Bonchev–Trinajstić information content (AvgIpc) is 2.79. The molecular weight excluding hydrogens is 324 g/mol. The van der Waals surface area contributed by atoms with Gasteiger partial charge in [0.15, 0.2) is 6.10 Å². The Bertz CT molecular complexity index is 754. The van der Waals surface area contributed by atoms with Crippen LogP contribution >= 0.6 is 0 Å². The first-order chi connectivity index (χ1) is 11.8. The van der Waals surface area contributed by atoms with Crippen LogP contribution < -0.4 is 5.32 Å². The lowest BCUT2D eigenvalue weighted by Crippen LogP contribution is -2.39. The zero-order valence-electron chi connectivity index (χ0n) is 14.4. The number of fused-ring (bicyclic) bond motifs is 1. The maximum atomic E-state index is 12.3. The molecule has 0 radical (unpaired) electrons.